The fourth-order valence-corrected chi connectivity index (χ4v) is 1.82. The molecule has 2 heterocycles. The normalized spacial score (nSPS) is 17.9. The van der Waals surface area contributed by atoms with Gasteiger partial charge in [-0.05, 0) is 12.8 Å². The lowest BCUT2D eigenvalue weighted by atomic mass is 10.1. The minimum absolute atomic E-state index is 0.00394. The molecule has 2 N–H and O–H groups in total. The molecule has 1 aromatic rings. The van der Waals surface area contributed by atoms with E-state index in [2.05, 4.69) is 0 Å². The third kappa shape index (κ3) is 2.02. The van der Waals surface area contributed by atoms with E-state index in [1.807, 2.05) is 0 Å². The van der Waals surface area contributed by atoms with E-state index in [1.54, 1.807) is 0 Å². The largest absolute Gasteiger partial charge is 0.394 e. The van der Waals surface area contributed by atoms with Crippen LogP contribution in [0.4, 0.5) is 10.1 Å². The molecule has 2 rings (SSSR count). The summed E-state index contributed by atoms with van der Waals surface area (Å²) in [4.78, 5) is 11.7. The van der Waals surface area contributed by atoms with Gasteiger partial charge in [0.1, 0.15) is 11.5 Å². The number of hydrogen-bond acceptors (Lipinski definition) is 3. The molecule has 0 spiro atoms. The van der Waals surface area contributed by atoms with Gasteiger partial charge in [0.2, 0.25) is 0 Å². The van der Waals surface area contributed by atoms with Gasteiger partial charge in [-0.25, -0.2) is 4.39 Å². The van der Waals surface area contributed by atoms with Crippen LogP contribution in [0, 0.1) is 5.82 Å². The molecule has 4 nitrogen and oxygen atoms in total. The average molecular weight is 212 g/mol. The Bertz CT molecular complexity index is 410. The fraction of sp³-hybridized carbons (Fsp3) is 0.500. The molecule has 0 atom stereocenters. The van der Waals surface area contributed by atoms with Crippen LogP contribution in [0.25, 0.3) is 0 Å². The Morgan fingerprint density at radius 2 is 2.13 bits per heavy atom. The lowest BCUT2D eigenvalue weighted by Crippen LogP contribution is -2.30. The number of hydrogen-bond donors (Lipinski definition) is 1. The van der Waals surface area contributed by atoms with Gasteiger partial charge in [0, 0.05) is 31.5 Å². The summed E-state index contributed by atoms with van der Waals surface area (Å²) in [7, 11) is 0. The molecule has 0 bridgehead atoms. The fourth-order valence-electron chi connectivity index (χ4n) is 1.82. The topological polar surface area (TPSA) is 57.2 Å². The van der Waals surface area contributed by atoms with E-state index in [-0.39, 0.29) is 17.3 Å². The quantitative estimate of drug-likeness (QED) is 0.753. The lowest BCUT2D eigenvalue weighted by molar-refractivity contribution is 0.0684. The number of anilines is 1. The third-order valence-electron chi connectivity index (χ3n) is 2.62. The maximum absolute atomic E-state index is 13.1. The second kappa shape index (κ2) is 4.02. The SMILES string of the molecule is Nc1cc(F)cn(C2CCOCC2)c1=O. The summed E-state index contributed by atoms with van der Waals surface area (Å²) in [5, 5.41) is 0. The summed E-state index contributed by atoms with van der Waals surface area (Å²) in [5.41, 5.74) is 5.07. The van der Waals surface area contributed by atoms with Gasteiger partial charge in [0.15, 0.2) is 0 Å². The van der Waals surface area contributed by atoms with Crippen molar-refractivity contribution in [2.45, 2.75) is 18.9 Å². The Hall–Kier alpha value is -1.36. The Morgan fingerprint density at radius 3 is 2.80 bits per heavy atom. The van der Waals surface area contributed by atoms with Crippen molar-refractivity contribution in [2.24, 2.45) is 0 Å². The molecule has 1 aliphatic heterocycles. The van der Waals surface area contributed by atoms with Gasteiger partial charge in [0.25, 0.3) is 5.56 Å². The van der Waals surface area contributed by atoms with Gasteiger partial charge in [-0.2, -0.15) is 0 Å². The second-order valence-corrected chi connectivity index (χ2v) is 3.67. The Kier molecular flexibility index (Phi) is 2.73. The highest BCUT2D eigenvalue weighted by molar-refractivity contribution is 5.34. The van der Waals surface area contributed by atoms with Crippen LogP contribution in [-0.2, 0) is 4.74 Å². The predicted molar refractivity (Wildman–Crippen MR) is 54.2 cm³/mol. The van der Waals surface area contributed by atoms with Gasteiger partial charge >= 0.3 is 0 Å². The van der Waals surface area contributed by atoms with Crippen LogP contribution in [0.5, 0.6) is 0 Å². The van der Waals surface area contributed by atoms with Crippen molar-refractivity contribution in [3.05, 3.63) is 28.4 Å². The maximum Gasteiger partial charge on any atom is 0.274 e. The summed E-state index contributed by atoms with van der Waals surface area (Å²) in [5.74, 6) is -0.474. The van der Waals surface area contributed by atoms with Crippen LogP contribution in [0.15, 0.2) is 17.1 Å². The maximum atomic E-state index is 13.1. The molecule has 0 aromatic carbocycles. The van der Waals surface area contributed by atoms with Crippen LogP contribution >= 0.6 is 0 Å². The van der Waals surface area contributed by atoms with Crippen LogP contribution in [0.2, 0.25) is 0 Å². The van der Waals surface area contributed by atoms with Gasteiger partial charge in [-0.3, -0.25) is 4.79 Å². The minimum atomic E-state index is -0.474. The zero-order valence-corrected chi connectivity index (χ0v) is 8.28. The first-order chi connectivity index (χ1) is 7.18. The lowest BCUT2D eigenvalue weighted by Gasteiger charge is -2.24. The molecule has 1 aromatic heterocycles. The monoisotopic (exact) mass is 212 g/mol. The van der Waals surface area contributed by atoms with E-state index in [1.165, 1.54) is 10.8 Å². The zero-order valence-electron chi connectivity index (χ0n) is 8.28. The van der Waals surface area contributed by atoms with Gasteiger partial charge in [-0.1, -0.05) is 0 Å². The molecule has 1 saturated heterocycles. The zero-order chi connectivity index (χ0) is 10.8. The van der Waals surface area contributed by atoms with E-state index in [9.17, 15) is 9.18 Å². The van der Waals surface area contributed by atoms with E-state index in [0.29, 0.717) is 13.2 Å². The number of aromatic nitrogens is 1. The Balaban J connectivity index is 2.38. The van der Waals surface area contributed by atoms with E-state index in [4.69, 9.17) is 10.5 Å². The molecule has 0 saturated carbocycles. The summed E-state index contributed by atoms with van der Waals surface area (Å²) in [6.07, 6.45) is 2.67. The van der Waals surface area contributed by atoms with Gasteiger partial charge in [0.05, 0.1) is 0 Å². The Morgan fingerprint density at radius 1 is 1.47 bits per heavy atom. The summed E-state index contributed by atoms with van der Waals surface area (Å²) >= 11 is 0. The highest BCUT2D eigenvalue weighted by Crippen LogP contribution is 2.19. The van der Waals surface area contributed by atoms with E-state index < -0.39 is 5.82 Å². The molecular weight excluding hydrogens is 199 g/mol. The molecule has 1 fully saturated rings. The molecule has 82 valence electrons. The average Bonchev–Trinajstić information content (AvgIpc) is 2.24. The van der Waals surface area contributed by atoms with E-state index in [0.717, 1.165) is 18.9 Å². The molecule has 0 unspecified atom stereocenters. The number of ether oxygens (including phenoxy) is 1. The van der Waals surface area contributed by atoms with Gasteiger partial charge in [-0.15, -0.1) is 0 Å². The van der Waals surface area contributed by atoms with Crippen LogP contribution < -0.4 is 11.3 Å². The number of nitrogens with two attached hydrogens (primary N) is 1. The minimum Gasteiger partial charge on any atom is -0.394 e. The molecule has 0 radical (unpaired) electrons. The number of pyridine rings is 1. The highest BCUT2D eigenvalue weighted by atomic mass is 19.1. The first-order valence-corrected chi connectivity index (χ1v) is 4.93. The number of nitrogens with zero attached hydrogens (tertiary/aromatic N) is 1. The number of rotatable bonds is 1. The van der Waals surface area contributed by atoms with Crippen molar-refractivity contribution in [1.29, 1.82) is 0 Å². The standard InChI is InChI=1S/C10H13FN2O2/c11-7-5-9(12)10(14)13(6-7)8-1-3-15-4-2-8/h5-6,8H,1-4,12H2. The van der Waals surface area contributed by atoms with E-state index >= 15 is 0 Å². The molecule has 1 aliphatic rings. The van der Waals surface area contributed by atoms with Crippen molar-refractivity contribution < 1.29 is 9.13 Å². The van der Waals surface area contributed by atoms with Crippen LogP contribution in [0.3, 0.4) is 0 Å². The molecular formula is C10H13FN2O2. The predicted octanol–water partition coefficient (Wildman–Crippen LogP) is 0.921. The van der Waals surface area contributed by atoms with Crippen molar-refractivity contribution in [3.8, 4) is 0 Å². The van der Waals surface area contributed by atoms with Crippen LogP contribution in [0.1, 0.15) is 18.9 Å². The van der Waals surface area contributed by atoms with Crippen molar-refractivity contribution in [3.63, 3.8) is 0 Å². The number of nitrogen functional groups attached to an aromatic ring is 1. The summed E-state index contributed by atoms with van der Waals surface area (Å²) in [6, 6.07) is 1.06. The molecule has 5 heteroatoms. The van der Waals surface area contributed by atoms with Crippen molar-refractivity contribution in [2.75, 3.05) is 18.9 Å². The molecule has 0 amide bonds. The van der Waals surface area contributed by atoms with Crippen LogP contribution in [-0.4, -0.2) is 17.8 Å². The third-order valence-corrected chi connectivity index (χ3v) is 2.62. The number of halogens is 1. The molecule has 15 heavy (non-hydrogen) atoms. The first-order valence-electron chi connectivity index (χ1n) is 4.93. The summed E-state index contributed by atoms with van der Waals surface area (Å²) < 4.78 is 19.7. The van der Waals surface area contributed by atoms with Gasteiger partial charge < -0.3 is 15.0 Å². The first kappa shape index (κ1) is 10.2. The second-order valence-electron chi connectivity index (χ2n) is 3.67. The smallest absolute Gasteiger partial charge is 0.274 e. The van der Waals surface area contributed by atoms with Crippen molar-refractivity contribution >= 4 is 5.69 Å². The highest BCUT2D eigenvalue weighted by Gasteiger charge is 2.18. The Labute approximate surface area is 86.5 Å². The molecule has 0 aliphatic carbocycles. The van der Waals surface area contributed by atoms with Crippen molar-refractivity contribution in [1.82, 2.24) is 4.57 Å². The summed E-state index contributed by atoms with van der Waals surface area (Å²) in [6.45, 7) is 1.21.